The molecule has 0 aliphatic rings. The summed E-state index contributed by atoms with van der Waals surface area (Å²) in [5.41, 5.74) is 6.65. The molecule has 0 radical (unpaired) electrons. The average Bonchev–Trinajstić information content (AvgIpc) is 2.45. The molecule has 0 spiro atoms. The maximum Gasteiger partial charge on any atom is 0.0325 e. The minimum atomic E-state index is 0.873. The van der Waals surface area contributed by atoms with Gasteiger partial charge in [-0.2, -0.15) is 0 Å². The zero-order chi connectivity index (χ0) is 14.5. The van der Waals surface area contributed by atoms with Crippen LogP contribution in [0, 0.1) is 0 Å². The van der Waals surface area contributed by atoms with Crippen molar-refractivity contribution >= 4 is 17.4 Å². The molecule has 1 nitrogen and oxygen atoms in total. The standard InChI is InChI=1S/C18H31NS/c1-2-3-4-5-6-7-8-9-10-11-15-20-18-14-12-13-17(19)16-18/h12-14,16H,2-11,15,19H2,1H3. The van der Waals surface area contributed by atoms with Gasteiger partial charge in [-0.15, -0.1) is 11.8 Å². The fraction of sp³-hybridized carbons (Fsp3) is 0.667. The minimum absolute atomic E-state index is 0.873. The Morgan fingerprint density at radius 2 is 1.45 bits per heavy atom. The van der Waals surface area contributed by atoms with Crippen LogP contribution in [0.4, 0.5) is 5.69 Å². The molecule has 0 fully saturated rings. The monoisotopic (exact) mass is 293 g/mol. The summed E-state index contributed by atoms with van der Waals surface area (Å²) < 4.78 is 0. The van der Waals surface area contributed by atoms with Gasteiger partial charge in [0.15, 0.2) is 0 Å². The molecule has 0 amide bonds. The van der Waals surface area contributed by atoms with Crippen molar-refractivity contribution in [3.63, 3.8) is 0 Å². The Balaban J connectivity index is 1.85. The molecule has 0 bridgehead atoms. The van der Waals surface area contributed by atoms with Gasteiger partial charge in [0.1, 0.15) is 0 Å². The van der Waals surface area contributed by atoms with Crippen LogP contribution < -0.4 is 5.73 Å². The van der Waals surface area contributed by atoms with Crippen LogP contribution >= 0.6 is 11.8 Å². The van der Waals surface area contributed by atoms with Crippen LogP contribution in [0.2, 0.25) is 0 Å². The molecule has 0 unspecified atom stereocenters. The lowest BCUT2D eigenvalue weighted by Crippen LogP contribution is -1.86. The van der Waals surface area contributed by atoms with Crippen molar-refractivity contribution in [2.24, 2.45) is 0 Å². The third-order valence-electron chi connectivity index (χ3n) is 3.62. The first-order valence-electron chi connectivity index (χ1n) is 8.31. The largest absolute Gasteiger partial charge is 0.399 e. The Labute approximate surface area is 129 Å². The van der Waals surface area contributed by atoms with E-state index in [1.54, 1.807) is 0 Å². The summed E-state index contributed by atoms with van der Waals surface area (Å²) in [6.07, 6.45) is 14.1. The second kappa shape index (κ2) is 12.1. The van der Waals surface area contributed by atoms with E-state index in [2.05, 4.69) is 19.1 Å². The topological polar surface area (TPSA) is 26.0 Å². The van der Waals surface area contributed by atoms with E-state index in [1.165, 1.54) is 74.9 Å². The van der Waals surface area contributed by atoms with Crippen molar-refractivity contribution in [1.82, 2.24) is 0 Å². The zero-order valence-corrected chi connectivity index (χ0v) is 13.9. The highest BCUT2D eigenvalue weighted by molar-refractivity contribution is 7.99. The van der Waals surface area contributed by atoms with Gasteiger partial charge in [-0.05, 0) is 30.4 Å². The summed E-state index contributed by atoms with van der Waals surface area (Å²) >= 11 is 1.93. The Morgan fingerprint density at radius 1 is 0.850 bits per heavy atom. The lowest BCUT2D eigenvalue weighted by molar-refractivity contribution is 0.563. The van der Waals surface area contributed by atoms with Crippen molar-refractivity contribution in [2.45, 2.75) is 76.0 Å². The first-order valence-corrected chi connectivity index (χ1v) is 9.30. The van der Waals surface area contributed by atoms with Gasteiger partial charge < -0.3 is 5.73 Å². The third kappa shape index (κ3) is 9.30. The first-order chi connectivity index (χ1) is 9.83. The molecule has 1 aromatic carbocycles. The van der Waals surface area contributed by atoms with E-state index in [1.807, 2.05) is 23.9 Å². The highest BCUT2D eigenvalue weighted by Gasteiger charge is 1.96. The molecule has 0 aromatic heterocycles. The number of unbranched alkanes of at least 4 members (excludes halogenated alkanes) is 9. The van der Waals surface area contributed by atoms with E-state index in [0.29, 0.717) is 0 Å². The Bertz CT molecular complexity index is 338. The SMILES string of the molecule is CCCCCCCCCCCCSc1cccc(N)c1. The summed E-state index contributed by atoms with van der Waals surface area (Å²) in [6, 6.07) is 8.21. The predicted octanol–water partition coefficient (Wildman–Crippen LogP) is 6.28. The van der Waals surface area contributed by atoms with E-state index in [9.17, 15) is 0 Å². The second-order valence-electron chi connectivity index (χ2n) is 5.60. The summed E-state index contributed by atoms with van der Waals surface area (Å²) in [7, 11) is 0. The lowest BCUT2D eigenvalue weighted by atomic mass is 10.1. The molecule has 2 N–H and O–H groups in total. The number of hydrogen-bond donors (Lipinski definition) is 1. The summed E-state index contributed by atoms with van der Waals surface area (Å²) in [4.78, 5) is 1.31. The summed E-state index contributed by atoms with van der Waals surface area (Å²) in [5.74, 6) is 1.22. The highest BCUT2D eigenvalue weighted by atomic mass is 32.2. The Kier molecular flexibility index (Phi) is 10.6. The van der Waals surface area contributed by atoms with Crippen LogP contribution in [0.15, 0.2) is 29.2 Å². The number of thioether (sulfide) groups is 1. The maximum absolute atomic E-state index is 5.77. The van der Waals surface area contributed by atoms with Crippen LogP contribution in [0.3, 0.4) is 0 Å². The number of nitrogen functional groups attached to an aromatic ring is 1. The Morgan fingerprint density at radius 3 is 2.05 bits per heavy atom. The molecule has 114 valence electrons. The van der Waals surface area contributed by atoms with Crippen LogP contribution in [0.5, 0.6) is 0 Å². The molecule has 20 heavy (non-hydrogen) atoms. The van der Waals surface area contributed by atoms with Crippen LogP contribution in [-0.4, -0.2) is 5.75 Å². The summed E-state index contributed by atoms with van der Waals surface area (Å²) in [6.45, 7) is 2.28. The van der Waals surface area contributed by atoms with Crippen molar-refractivity contribution in [3.8, 4) is 0 Å². The van der Waals surface area contributed by atoms with Gasteiger partial charge >= 0.3 is 0 Å². The molecule has 0 aliphatic carbocycles. The molecule has 2 heteroatoms. The normalized spacial score (nSPS) is 10.8. The first kappa shape index (κ1) is 17.4. The maximum atomic E-state index is 5.77. The fourth-order valence-corrected chi connectivity index (χ4v) is 3.36. The molecule has 1 aromatic rings. The second-order valence-corrected chi connectivity index (χ2v) is 6.77. The number of hydrogen-bond acceptors (Lipinski definition) is 2. The summed E-state index contributed by atoms with van der Waals surface area (Å²) in [5, 5.41) is 0. The van der Waals surface area contributed by atoms with Crippen LogP contribution in [-0.2, 0) is 0 Å². The third-order valence-corrected chi connectivity index (χ3v) is 4.70. The van der Waals surface area contributed by atoms with Crippen molar-refractivity contribution < 1.29 is 0 Å². The van der Waals surface area contributed by atoms with E-state index >= 15 is 0 Å². The molecule has 0 atom stereocenters. The average molecular weight is 294 g/mol. The fourth-order valence-electron chi connectivity index (χ4n) is 2.38. The van der Waals surface area contributed by atoms with Crippen LogP contribution in [0.25, 0.3) is 0 Å². The van der Waals surface area contributed by atoms with E-state index in [0.717, 1.165) is 5.69 Å². The van der Waals surface area contributed by atoms with Crippen molar-refractivity contribution in [3.05, 3.63) is 24.3 Å². The minimum Gasteiger partial charge on any atom is -0.399 e. The Hall–Kier alpha value is -0.630. The number of nitrogens with two attached hydrogens (primary N) is 1. The van der Waals surface area contributed by atoms with E-state index in [4.69, 9.17) is 5.73 Å². The molecule has 0 saturated heterocycles. The number of rotatable bonds is 12. The quantitative estimate of drug-likeness (QED) is 0.279. The number of benzene rings is 1. The van der Waals surface area contributed by atoms with Gasteiger partial charge in [0, 0.05) is 10.6 Å². The zero-order valence-electron chi connectivity index (χ0n) is 13.1. The van der Waals surface area contributed by atoms with Gasteiger partial charge in [-0.1, -0.05) is 70.8 Å². The van der Waals surface area contributed by atoms with Crippen LogP contribution in [0.1, 0.15) is 71.1 Å². The highest BCUT2D eigenvalue weighted by Crippen LogP contribution is 2.21. The molecule has 0 aliphatic heterocycles. The molecular weight excluding hydrogens is 262 g/mol. The van der Waals surface area contributed by atoms with Gasteiger partial charge in [0.25, 0.3) is 0 Å². The number of anilines is 1. The van der Waals surface area contributed by atoms with Gasteiger partial charge in [0.05, 0.1) is 0 Å². The molecular formula is C18H31NS. The molecule has 1 rings (SSSR count). The van der Waals surface area contributed by atoms with Crippen molar-refractivity contribution in [2.75, 3.05) is 11.5 Å². The van der Waals surface area contributed by atoms with Crippen molar-refractivity contribution in [1.29, 1.82) is 0 Å². The molecule has 0 heterocycles. The van der Waals surface area contributed by atoms with E-state index < -0.39 is 0 Å². The molecule has 0 saturated carbocycles. The van der Waals surface area contributed by atoms with E-state index in [-0.39, 0.29) is 0 Å². The lowest BCUT2D eigenvalue weighted by Gasteiger charge is -2.03. The van der Waals surface area contributed by atoms with Gasteiger partial charge in [0.2, 0.25) is 0 Å². The van der Waals surface area contributed by atoms with Gasteiger partial charge in [-0.25, -0.2) is 0 Å². The predicted molar refractivity (Wildman–Crippen MR) is 93.4 cm³/mol. The smallest absolute Gasteiger partial charge is 0.0325 e. The van der Waals surface area contributed by atoms with Gasteiger partial charge in [-0.3, -0.25) is 0 Å².